The highest BCUT2D eigenvalue weighted by atomic mass is 16.7. The quantitative estimate of drug-likeness (QED) is 0.0215. The summed E-state index contributed by atoms with van der Waals surface area (Å²) in [6.45, 7) is 3.26. The number of nitro groups is 1. The average molecular weight is 848 g/mol. The Morgan fingerprint density at radius 1 is 0.967 bits per heavy atom. The number of pyridine rings is 1. The molecule has 1 aliphatic heterocycles. The number of benzene rings is 3. The van der Waals surface area contributed by atoms with E-state index in [4.69, 9.17) is 24.7 Å². The van der Waals surface area contributed by atoms with Gasteiger partial charge in [-0.2, -0.15) is 0 Å². The zero-order chi connectivity index (χ0) is 44.2. The van der Waals surface area contributed by atoms with Gasteiger partial charge in [0.25, 0.3) is 5.69 Å². The van der Waals surface area contributed by atoms with Crippen LogP contribution in [0.1, 0.15) is 39.2 Å². The molecule has 326 valence electrons. The van der Waals surface area contributed by atoms with Crippen LogP contribution in [0.5, 0.6) is 0 Å². The van der Waals surface area contributed by atoms with Crippen molar-refractivity contribution in [1.82, 2.24) is 20.9 Å². The lowest BCUT2D eigenvalue weighted by molar-refractivity contribution is -0.383. The van der Waals surface area contributed by atoms with E-state index in [0.29, 0.717) is 27.5 Å². The minimum atomic E-state index is -1.51. The van der Waals surface area contributed by atoms with Gasteiger partial charge in [0, 0.05) is 31.3 Å². The Hall–Kier alpha value is -6.32. The SMILES string of the molecule is CC(=O)N[C@H]1[C@@H](OCc2ccccc2)O[C@H](CO)[C@@H](O)[C@@H]1OC(C)C(=O)N[C@@H](C)C(=O)N[C@H](CCC(=O)OCCNc1c2ccccc2nc2cccc([N+](=O)[O-])c12)C(N)=O. The number of esters is 1. The number of para-hydroxylation sites is 1. The number of nitro benzene ring substituents is 1. The standard InChI is InChI=1S/C41H49N7O13/c1-22(44-40(55)23(2)60-37-35(45-24(3)50)41(61-31(20-49)36(37)52)59-21-25-10-5-4-6-11-25)39(54)47-29(38(42)53)16-17-32(51)58-19-18-43-34-26-12-7-8-13-27(26)46-28-14-9-15-30(33(28)34)48(56)57/h4-15,22-23,29,31,35-37,41,49,52H,16-21H2,1-3H3,(H2,42,53)(H,43,46)(H,44,55)(H,45,50)(H,47,54)/t22-,23?,29+,31+,35+,36+,37+,41-/m0/s1. The number of rotatable bonds is 20. The fourth-order valence-electron chi connectivity index (χ4n) is 6.72. The molecule has 1 saturated heterocycles. The Balaban J connectivity index is 1.12. The first-order valence-corrected chi connectivity index (χ1v) is 19.5. The number of nitrogens with two attached hydrogens (primary N) is 1. The minimum absolute atomic E-state index is 0.0504. The normalized spacial score (nSPS) is 20.2. The number of anilines is 1. The summed E-state index contributed by atoms with van der Waals surface area (Å²) >= 11 is 0. The molecule has 8 atom stereocenters. The maximum Gasteiger partial charge on any atom is 0.305 e. The number of nitrogens with zero attached hydrogens (tertiary/aromatic N) is 2. The highest BCUT2D eigenvalue weighted by molar-refractivity contribution is 6.11. The molecule has 5 rings (SSSR count). The summed E-state index contributed by atoms with van der Waals surface area (Å²) in [6.07, 6.45) is -7.11. The van der Waals surface area contributed by atoms with Crippen LogP contribution < -0.4 is 27.0 Å². The van der Waals surface area contributed by atoms with E-state index < -0.39 is 90.0 Å². The number of non-ortho nitro benzene ring substituents is 1. The van der Waals surface area contributed by atoms with Gasteiger partial charge in [0.15, 0.2) is 6.29 Å². The zero-order valence-corrected chi connectivity index (χ0v) is 33.6. The van der Waals surface area contributed by atoms with E-state index >= 15 is 0 Å². The number of aliphatic hydroxyl groups excluding tert-OH is 2. The van der Waals surface area contributed by atoms with Crippen LogP contribution in [0.25, 0.3) is 21.8 Å². The molecule has 20 heteroatoms. The average Bonchev–Trinajstić information content (AvgIpc) is 3.23. The second-order valence-corrected chi connectivity index (χ2v) is 14.3. The number of carbonyl (C=O) groups excluding carboxylic acids is 5. The van der Waals surface area contributed by atoms with Crippen molar-refractivity contribution in [2.75, 3.05) is 25.1 Å². The van der Waals surface area contributed by atoms with Crippen LogP contribution in [0.4, 0.5) is 11.4 Å². The van der Waals surface area contributed by atoms with Crippen molar-refractivity contribution < 1.29 is 58.1 Å². The van der Waals surface area contributed by atoms with Gasteiger partial charge < -0.3 is 56.2 Å². The summed E-state index contributed by atoms with van der Waals surface area (Å²) in [5.41, 5.74) is 7.62. The number of ether oxygens (including phenoxy) is 4. The Kier molecular flexibility index (Phi) is 16.0. The van der Waals surface area contributed by atoms with Gasteiger partial charge in [-0.1, -0.05) is 54.6 Å². The van der Waals surface area contributed by atoms with Crippen molar-refractivity contribution in [2.45, 2.75) is 89.1 Å². The lowest BCUT2D eigenvalue weighted by atomic mass is 9.96. The number of aliphatic hydroxyl groups is 2. The molecule has 0 bridgehead atoms. The molecule has 0 spiro atoms. The lowest BCUT2D eigenvalue weighted by Crippen LogP contribution is -2.66. The number of fused-ring (bicyclic) bond motifs is 2. The number of nitrogens with one attached hydrogen (secondary N) is 4. The molecule has 1 unspecified atom stereocenters. The number of amides is 4. The monoisotopic (exact) mass is 847 g/mol. The van der Waals surface area contributed by atoms with E-state index in [0.717, 1.165) is 5.56 Å². The Morgan fingerprint density at radius 3 is 2.36 bits per heavy atom. The molecule has 4 amide bonds. The van der Waals surface area contributed by atoms with Gasteiger partial charge >= 0.3 is 5.97 Å². The highest BCUT2D eigenvalue weighted by Gasteiger charge is 2.48. The first-order chi connectivity index (χ1) is 29.2. The fourth-order valence-corrected chi connectivity index (χ4v) is 6.72. The summed E-state index contributed by atoms with van der Waals surface area (Å²) < 4.78 is 22.9. The van der Waals surface area contributed by atoms with Gasteiger partial charge in [0.2, 0.25) is 23.6 Å². The predicted molar refractivity (Wildman–Crippen MR) is 218 cm³/mol. The van der Waals surface area contributed by atoms with Crippen molar-refractivity contribution in [1.29, 1.82) is 0 Å². The van der Waals surface area contributed by atoms with Crippen molar-refractivity contribution in [3.05, 3.63) is 88.5 Å². The molecule has 20 nitrogen and oxygen atoms in total. The number of aromatic nitrogens is 1. The molecule has 0 saturated carbocycles. The molecule has 1 fully saturated rings. The van der Waals surface area contributed by atoms with Crippen LogP contribution in [0, 0.1) is 10.1 Å². The molecule has 0 aliphatic carbocycles. The van der Waals surface area contributed by atoms with Crippen molar-refractivity contribution >= 4 is 62.8 Å². The number of hydrogen-bond donors (Lipinski definition) is 7. The van der Waals surface area contributed by atoms with E-state index in [-0.39, 0.29) is 38.3 Å². The summed E-state index contributed by atoms with van der Waals surface area (Å²) in [6, 6.07) is 17.0. The van der Waals surface area contributed by atoms with Crippen LogP contribution in [0.3, 0.4) is 0 Å². The van der Waals surface area contributed by atoms with E-state index in [2.05, 4.69) is 26.3 Å². The lowest BCUT2D eigenvalue weighted by Gasteiger charge is -2.44. The van der Waals surface area contributed by atoms with Gasteiger partial charge in [0.1, 0.15) is 54.5 Å². The van der Waals surface area contributed by atoms with Crippen LogP contribution in [-0.4, -0.2) is 118 Å². The van der Waals surface area contributed by atoms with Gasteiger partial charge in [-0.3, -0.25) is 34.1 Å². The number of primary amides is 1. The summed E-state index contributed by atoms with van der Waals surface area (Å²) in [4.78, 5) is 79.3. The molecule has 1 aliphatic rings. The third kappa shape index (κ3) is 11.9. The van der Waals surface area contributed by atoms with Crippen LogP contribution in [0.15, 0.2) is 72.8 Å². The summed E-state index contributed by atoms with van der Waals surface area (Å²) in [7, 11) is 0. The smallest absolute Gasteiger partial charge is 0.305 e. The van der Waals surface area contributed by atoms with Crippen LogP contribution in [-0.2, 0) is 49.5 Å². The molecule has 0 radical (unpaired) electrons. The molecule has 1 aromatic heterocycles. The van der Waals surface area contributed by atoms with E-state index in [9.17, 15) is 44.3 Å². The molecule has 2 heterocycles. The zero-order valence-electron chi connectivity index (χ0n) is 33.6. The van der Waals surface area contributed by atoms with E-state index in [1.54, 1.807) is 60.7 Å². The van der Waals surface area contributed by atoms with Gasteiger partial charge in [-0.25, -0.2) is 4.98 Å². The first-order valence-electron chi connectivity index (χ1n) is 19.5. The van der Waals surface area contributed by atoms with Gasteiger partial charge in [0.05, 0.1) is 34.9 Å². The highest BCUT2D eigenvalue weighted by Crippen LogP contribution is 2.36. The van der Waals surface area contributed by atoms with Crippen LogP contribution >= 0.6 is 0 Å². The molecular formula is C41H49N7O13. The second-order valence-electron chi connectivity index (χ2n) is 14.3. The third-order valence-corrected chi connectivity index (χ3v) is 9.81. The van der Waals surface area contributed by atoms with E-state index in [1.165, 1.54) is 26.8 Å². The number of hydrogen-bond acceptors (Lipinski definition) is 15. The summed E-state index contributed by atoms with van der Waals surface area (Å²) in [5.74, 6) is -3.80. The van der Waals surface area contributed by atoms with Gasteiger partial charge in [-0.05, 0) is 38.0 Å². The Bertz CT molecular complexity index is 2210. The fraction of sp³-hybridized carbons (Fsp3) is 0.415. The molecular weight excluding hydrogens is 798 g/mol. The maximum absolute atomic E-state index is 13.2. The van der Waals surface area contributed by atoms with E-state index in [1.807, 2.05) is 6.07 Å². The largest absolute Gasteiger partial charge is 0.464 e. The Labute approximate surface area is 349 Å². The second kappa shape index (κ2) is 21.3. The summed E-state index contributed by atoms with van der Waals surface area (Å²) in [5, 5.41) is 44.4. The third-order valence-electron chi connectivity index (χ3n) is 9.81. The van der Waals surface area contributed by atoms with Crippen molar-refractivity contribution in [3.63, 3.8) is 0 Å². The van der Waals surface area contributed by atoms with Crippen molar-refractivity contribution in [3.8, 4) is 0 Å². The molecule has 3 aromatic carbocycles. The minimum Gasteiger partial charge on any atom is -0.464 e. The molecule has 8 N–H and O–H groups in total. The topological polar surface area (TPSA) is 293 Å². The van der Waals surface area contributed by atoms with Crippen molar-refractivity contribution in [2.24, 2.45) is 5.73 Å². The van der Waals surface area contributed by atoms with Gasteiger partial charge in [-0.15, -0.1) is 0 Å². The maximum atomic E-state index is 13.2. The molecule has 61 heavy (non-hydrogen) atoms. The predicted octanol–water partition coefficient (Wildman–Crippen LogP) is 1.08. The molecule has 4 aromatic rings. The van der Waals surface area contributed by atoms with Crippen LogP contribution in [0.2, 0.25) is 0 Å². The number of carbonyl (C=O) groups is 5. The first kappa shape index (κ1) is 45.8. The Morgan fingerprint density at radius 2 is 1.67 bits per heavy atom.